The van der Waals surface area contributed by atoms with Gasteiger partial charge in [-0.2, -0.15) is 11.3 Å². The molecular formula is C22H32N2O4S2. The van der Waals surface area contributed by atoms with E-state index < -0.39 is 15.9 Å². The van der Waals surface area contributed by atoms with Gasteiger partial charge in [0.25, 0.3) is 5.91 Å². The van der Waals surface area contributed by atoms with Crippen LogP contribution >= 0.6 is 11.3 Å². The Morgan fingerprint density at radius 3 is 2.67 bits per heavy atom. The summed E-state index contributed by atoms with van der Waals surface area (Å²) in [5.74, 6) is 1.21. The standard InChI is InChI=1S/C22H32N2O4S2/c1-22(2)17-12-15(8-6-4-5-7-9-19(25)24-30(3,27)28)20(18(22)13-17)23-21(26)16-10-11-29-14-16/h4,6,10-11,14-15,17-18,20H,5,7-9,12-13H2,1-3H3,(H,23,26)(H,24,25)/b6-4+/t15-,17-,18-,20+/m0/s1. The van der Waals surface area contributed by atoms with Crippen molar-refractivity contribution in [3.8, 4) is 0 Å². The molecular weight excluding hydrogens is 420 g/mol. The highest BCUT2D eigenvalue weighted by molar-refractivity contribution is 7.89. The molecule has 1 aromatic heterocycles. The van der Waals surface area contributed by atoms with E-state index in [9.17, 15) is 18.0 Å². The predicted molar refractivity (Wildman–Crippen MR) is 120 cm³/mol. The number of carbonyl (C=O) groups excluding carboxylic acids is 2. The minimum Gasteiger partial charge on any atom is -0.349 e. The fourth-order valence-corrected chi connectivity index (χ4v) is 6.17. The Kier molecular flexibility index (Phi) is 7.07. The van der Waals surface area contributed by atoms with Gasteiger partial charge in [0.05, 0.1) is 6.26 Å². The quantitative estimate of drug-likeness (QED) is 0.441. The SMILES string of the molecule is CC1(C)[C@H]2C[C@H](C/C=C/CCCC(=O)NS(C)(=O)=O)[C@@H](NC(=O)c3ccsc3)[C@@H]1C2. The number of sulfonamides is 1. The van der Waals surface area contributed by atoms with Gasteiger partial charge in [-0.25, -0.2) is 8.42 Å². The van der Waals surface area contributed by atoms with Gasteiger partial charge in [0.2, 0.25) is 15.9 Å². The predicted octanol–water partition coefficient (Wildman–Crippen LogP) is 3.72. The largest absolute Gasteiger partial charge is 0.349 e. The highest BCUT2D eigenvalue weighted by Gasteiger charge is 2.57. The first-order valence-corrected chi connectivity index (χ1v) is 13.4. The van der Waals surface area contributed by atoms with Crippen molar-refractivity contribution in [1.82, 2.24) is 10.0 Å². The summed E-state index contributed by atoms with van der Waals surface area (Å²) in [6, 6.07) is 2.05. The monoisotopic (exact) mass is 452 g/mol. The van der Waals surface area contributed by atoms with Crippen LogP contribution in [0.2, 0.25) is 0 Å². The van der Waals surface area contributed by atoms with Crippen molar-refractivity contribution in [2.24, 2.45) is 23.2 Å². The summed E-state index contributed by atoms with van der Waals surface area (Å²) in [6.45, 7) is 4.65. The number of rotatable bonds is 9. The molecule has 0 spiro atoms. The van der Waals surface area contributed by atoms with Crippen LogP contribution in [-0.2, 0) is 14.8 Å². The highest BCUT2D eigenvalue weighted by Crippen LogP contribution is 2.61. The Morgan fingerprint density at radius 1 is 1.27 bits per heavy atom. The summed E-state index contributed by atoms with van der Waals surface area (Å²) < 4.78 is 24.1. The maximum Gasteiger partial charge on any atom is 0.252 e. The Hall–Kier alpha value is -1.67. The molecule has 6 nitrogen and oxygen atoms in total. The van der Waals surface area contributed by atoms with Crippen LogP contribution < -0.4 is 10.0 Å². The molecule has 0 saturated heterocycles. The van der Waals surface area contributed by atoms with Crippen LogP contribution in [0, 0.1) is 23.2 Å². The summed E-state index contributed by atoms with van der Waals surface area (Å²) in [5.41, 5.74) is 1.01. The molecule has 3 saturated carbocycles. The first kappa shape index (κ1) is 23.0. The lowest BCUT2D eigenvalue weighted by molar-refractivity contribution is -0.119. The smallest absolute Gasteiger partial charge is 0.252 e. The van der Waals surface area contributed by atoms with Crippen LogP contribution in [0.25, 0.3) is 0 Å². The summed E-state index contributed by atoms with van der Waals surface area (Å²) in [6.07, 6.45) is 9.96. The van der Waals surface area contributed by atoms with Gasteiger partial charge in [0, 0.05) is 23.4 Å². The van der Waals surface area contributed by atoms with Crippen LogP contribution in [-0.4, -0.2) is 32.5 Å². The second-order valence-corrected chi connectivity index (χ2v) is 11.8. The molecule has 4 atom stereocenters. The summed E-state index contributed by atoms with van der Waals surface area (Å²) in [7, 11) is -3.48. The van der Waals surface area contributed by atoms with E-state index in [1.165, 1.54) is 17.8 Å². The van der Waals surface area contributed by atoms with Crippen molar-refractivity contribution >= 4 is 33.2 Å². The van der Waals surface area contributed by atoms with Gasteiger partial charge >= 0.3 is 0 Å². The number of carbonyl (C=O) groups is 2. The van der Waals surface area contributed by atoms with Gasteiger partial charge in [0.15, 0.2) is 0 Å². The highest BCUT2D eigenvalue weighted by atomic mass is 32.2. The minimum absolute atomic E-state index is 0.0215. The lowest BCUT2D eigenvalue weighted by Crippen LogP contribution is -2.63. The van der Waals surface area contributed by atoms with E-state index in [-0.39, 0.29) is 23.8 Å². The molecule has 1 aromatic rings. The third-order valence-electron chi connectivity index (χ3n) is 6.84. The Balaban J connectivity index is 1.50. The Morgan fingerprint density at radius 2 is 2.03 bits per heavy atom. The zero-order valence-corrected chi connectivity index (χ0v) is 19.5. The zero-order chi connectivity index (χ0) is 21.9. The number of unbranched alkanes of at least 4 members (excludes halogenated alkanes) is 1. The number of thiophene rings is 1. The Labute approximate surface area is 183 Å². The van der Waals surface area contributed by atoms with Crippen LogP contribution in [0.5, 0.6) is 0 Å². The van der Waals surface area contributed by atoms with Gasteiger partial charge in [-0.05, 0) is 66.7 Å². The first-order chi connectivity index (χ1) is 14.1. The minimum atomic E-state index is -3.48. The molecule has 30 heavy (non-hydrogen) atoms. The molecule has 2 amide bonds. The molecule has 8 heteroatoms. The van der Waals surface area contributed by atoms with Crippen LogP contribution in [0.1, 0.15) is 62.7 Å². The molecule has 3 aliphatic carbocycles. The topological polar surface area (TPSA) is 92.3 Å². The molecule has 166 valence electrons. The Bertz CT molecular complexity index is 890. The van der Waals surface area contributed by atoms with E-state index >= 15 is 0 Å². The summed E-state index contributed by atoms with van der Waals surface area (Å²) in [4.78, 5) is 24.2. The number of hydrogen-bond acceptors (Lipinski definition) is 5. The number of fused-ring (bicyclic) bond motifs is 2. The van der Waals surface area contributed by atoms with Gasteiger partial charge in [0.1, 0.15) is 0 Å². The molecule has 0 aromatic carbocycles. The summed E-state index contributed by atoms with van der Waals surface area (Å²) in [5, 5.41) is 7.14. The fraction of sp³-hybridized carbons (Fsp3) is 0.636. The lowest BCUT2D eigenvalue weighted by Gasteiger charge is -2.62. The van der Waals surface area contributed by atoms with Crippen LogP contribution in [0.15, 0.2) is 29.0 Å². The molecule has 2 bridgehead atoms. The van der Waals surface area contributed by atoms with Crippen molar-refractivity contribution in [1.29, 1.82) is 0 Å². The second kappa shape index (κ2) is 9.22. The van der Waals surface area contributed by atoms with Crippen LogP contribution in [0.3, 0.4) is 0 Å². The van der Waals surface area contributed by atoms with Crippen molar-refractivity contribution in [2.45, 2.75) is 58.4 Å². The maximum atomic E-state index is 12.7. The number of hydrogen-bond donors (Lipinski definition) is 2. The van der Waals surface area contributed by atoms with E-state index in [2.05, 4.69) is 31.3 Å². The third-order valence-corrected chi connectivity index (χ3v) is 8.12. The number of amides is 2. The molecule has 0 unspecified atom stereocenters. The van der Waals surface area contributed by atoms with Gasteiger partial charge in [-0.1, -0.05) is 26.0 Å². The molecule has 2 N–H and O–H groups in total. The number of nitrogens with one attached hydrogen (secondary N) is 2. The molecule has 3 fully saturated rings. The molecule has 4 rings (SSSR count). The number of allylic oxidation sites excluding steroid dienone is 2. The van der Waals surface area contributed by atoms with Crippen LogP contribution in [0.4, 0.5) is 0 Å². The average molecular weight is 453 g/mol. The van der Waals surface area contributed by atoms with Gasteiger partial charge in [-0.15, -0.1) is 0 Å². The van der Waals surface area contributed by atoms with Crippen molar-refractivity contribution in [3.05, 3.63) is 34.5 Å². The van der Waals surface area contributed by atoms with E-state index in [0.717, 1.165) is 37.0 Å². The molecule has 0 radical (unpaired) electrons. The van der Waals surface area contributed by atoms with Crippen molar-refractivity contribution < 1.29 is 18.0 Å². The molecule has 3 aliphatic rings. The molecule has 1 heterocycles. The maximum absolute atomic E-state index is 12.7. The van der Waals surface area contributed by atoms with Crippen molar-refractivity contribution in [2.75, 3.05) is 6.26 Å². The van der Waals surface area contributed by atoms with E-state index in [1.54, 1.807) is 0 Å². The first-order valence-electron chi connectivity index (χ1n) is 10.6. The lowest BCUT2D eigenvalue weighted by atomic mass is 9.44. The zero-order valence-electron chi connectivity index (χ0n) is 17.9. The average Bonchev–Trinajstić information content (AvgIpc) is 3.18. The molecule has 0 aliphatic heterocycles. The third kappa shape index (κ3) is 5.52. The van der Waals surface area contributed by atoms with Crippen molar-refractivity contribution in [3.63, 3.8) is 0 Å². The van der Waals surface area contributed by atoms with E-state index in [4.69, 9.17) is 0 Å². The normalized spacial score (nSPS) is 27.4. The van der Waals surface area contributed by atoms with E-state index in [0.29, 0.717) is 18.3 Å². The van der Waals surface area contributed by atoms with E-state index in [1.807, 2.05) is 21.5 Å². The second-order valence-electron chi connectivity index (χ2n) is 9.26. The van der Waals surface area contributed by atoms with Gasteiger partial charge < -0.3 is 5.32 Å². The fourth-order valence-electron chi connectivity index (χ4n) is 5.02. The summed E-state index contributed by atoms with van der Waals surface area (Å²) >= 11 is 1.53. The van der Waals surface area contributed by atoms with Gasteiger partial charge in [-0.3, -0.25) is 14.3 Å².